The number of hydrogen-bond donors (Lipinski definition) is 0. The predicted molar refractivity (Wildman–Crippen MR) is 66.7 cm³/mol. The highest BCUT2D eigenvalue weighted by Gasteiger charge is 2.25. The predicted octanol–water partition coefficient (Wildman–Crippen LogP) is 1.96. The smallest absolute Gasteiger partial charge is 0.222 e. The molecule has 4 heteroatoms. The van der Waals surface area contributed by atoms with Crippen LogP contribution in [0.2, 0.25) is 0 Å². The van der Waals surface area contributed by atoms with Crippen LogP contribution in [0, 0.1) is 17.2 Å². The van der Waals surface area contributed by atoms with Crippen LogP contribution in [0.15, 0.2) is 24.3 Å². The Kier molecular flexibility index (Phi) is 3.83. The van der Waals surface area contributed by atoms with Gasteiger partial charge in [-0.25, -0.2) is 0 Å². The Morgan fingerprint density at radius 1 is 1.50 bits per heavy atom. The molecule has 0 bridgehead atoms. The Morgan fingerprint density at radius 3 is 3.00 bits per heavy atom. The van der Waals surface area contributed by atoms with Gasteiger partial charge in [0, 0.05) is 25.1 Å². The normalized spacial score (nSPS) is 19.4. The number of amides is 1. The number of nitriles is 1. The number of ether oxygens (including phenoxy) is 1. The van der Waals surface area contributed by atoms with E-state index in [0.717, 1.165) is 11.3 Å². The molecule has 1 amide bonds. The zero-order valence-corrected chi connectivity index (χ0v) is 10.4. The molecule has 1 aromatic carbocycles. The zero-order valence-electron chi connectivity index (χ0n) is 10.4. The largest absolute Gasteiger partial charge is 0.496 e. The summed E-state index contributed by atoms with van der Waals surface area (Å²) in [5.74, 6) is 0.856. The maximum absolute atomic E-state index is 11.8. The number of likely N-dealkylation sites (tertiary alicyclic amines) is 1. The molecule has 1 saturated heterocycles. The number of rotatable bonds is 3. The van der Waals surface area contributed by atoms with Gasteiger partial charge >= 0.3 is 0 Å². The second-order valence-corrected chi connectivity index (χ2v) is 4.45. The Balaban J connectivity index is 2.12. The molecule has 1 aromatic rings. The summed E-state index contributed by atoms with van der Waals surface area (Å²) in [5, 5.41) is 8.95. The molecule has 0 radical (unpaired) electrons. The van der Waals surface area contributed by atoms with Gasteiger partial charge < -0.3 is 9.64 Å². The highest BCUT2D eigenvalue weighted by atomic mass is 16.5. The first-order chi connectivity index (χ1) is 8.74. The van der Waals surface area contributed by atoms with Crippen molar-refractivity contribution in [3.63, 3.8) is 0 Å². The quantitative estimate of drug-likeness (QED) is 0.816. The lowest BCUT2D eigenvalue weighted by Crippen LogP contribution is -2.39. The second-order valence-electron chi connectivity index (χ2n) is 4.45. The molecule has 94 valence electrons. The summed E-state index contributed by atoms with van der Waals surface area (Å²) in [5.41, 5.74) is 0.979. The molecule has 0 N–H and O–H groups in total. The number of carbonyl (C=O) groups excluding carboxylic acids is 1. The van der Waals surface area contributed by atoms with Gasteiger partial charge in [-0.2, -0.15) is 5.26 Å². The van der Waals surface area contributed by atoms with E-state index in [-0.39, 0.29) is 11.8 Å². The number of methoxy groups -OCH3 is 1. The lowest BCUT2D eigenvalue weighted by molar-refractivity contribution is -0.134. The average molecular weight is 244 g/mol. The van der Waals surface area contributed by atoms with Crippen molar-refractivity contribution in [2.75, 3.05) is 13.7 Å². The topological polar surface area (TPSA) is 53.3 Å². The fraction of sp³-hybridized carbons (Fsp3) is 0.429. The summed E-state index contributed by atoms with van der Waals surface area (Å²) in [6.45, 7) is 1.04. The minimum Gasteiger partial charge on any atom is -0.496 e. The van der Waals surface area contributed by atoms with Crippen LogP contribution in [0.3, 0.4) is 0 Å². The van der Waals surface area contributed by atoms with Crippen LogP contribution in [-0.4, -0.2) is 24.5 Å². The maximum atomic E-state index is 11.8. The molecule has 0 aromatic heterocycles. The first-order valence-corrected chi connectivity index (χ1v) is 6.04. The van der Waals surface area contributed by atoms with Gasteiger partial charge in [0.05, 0.1) is 19.1 Å². The summed E-state index contributed by atoms with van der Waals surface area (Å²) >= 11 is 0. The van der Waals surface area contributed by atoms with E-state index in [9.17, 15) is 4.79 Å². The lowest BCUT2D eigenvalue weighted by Gasteiger charge is -2.30. The number of benzene rings is 1. The van der Waals surface area contributed by atoms with Crippen molar-refractivity contribution in [1.29, 1.82) is 5.26 Å². The Labute approximate surface area is 107 Å². The monoisotopic (exact) mass is 244 g/mol. The number of piperidine rings is 1. The SMILES string of the molecule is COc1ccccc1CN1CC(C#N)CCC1=O. The second kappa shape index (κ2) is 5.54. The van der Waals surface area contributed by atoms with Crippen LogP contribution in [0.5, 0.6) is 5.75 Å². The van der Waals surface area contributed by atoms with E-state index in [1.807, 2.05) is 24.3 Å². The molecular weight excluding hydrogens is 228 g/mol. The highest BCUT2D eigenvalue weighted by Crippen LogP contribution is 2.23. The van der Waals surface area contributed by atoms with Crippen LogP contribution in [-0.2, 0) is 11.3 Å². The van der Waals surface area contributed by atoms with E-state index in [4.69, 9.17) is 10.00 Å². The molecule has 1 aliphatic rings. The molecule has 1 unspecified atom stereocenters. The zero-order chi connectivity index (χ0) is 13.0. The molecule has 1 heterocycles. The van der Waals surface area contributed by atoms with Crippen molar-refractivity contribution in [3.05, 3.63) is 29.8 Å². The minimum atomic E-state index is -0.0441. The van der Waals surface area contributed by atoms with E-state index in [0.29, 0.717) is 25.9 Å². The van der Waals surface area contributed by atoms with Crippen LogP contribution in [0.25, 0.3) is 0 Å². The summed E-state index contributed by atoms with van der Waals surface area (Å²) in [4.78, 5) is 13.6. The average Bonchev–Trinajstić information content (AvgIpc) is 2.42. The van der Waals surface area contributed by atoms with Crippen molar-refractivity contribution >= 4 is 5.91 Å². The van der Waals surface area contributed by atoms with E-state index >= 15 is 0 Å². The summed E-state index contributed by atoms with van der Waals surface area (Å²) in [6, 6.07) is 9.90. The third-order valence-electron chi connectivity index (χ3n) is 3.24. The standard InChI is InChI=1S/C14H16N2O2/c1-18-13-5-3-2-4-12(13)10-16-9-11(8-15)6-7-14(16)17/h2-5,11H,6-7,9-10H2,1H3. The summed E-state index contributed by atoms with van der Waals surface area (Å²) in [6.07, 6.45) is 1.14. The molecule has 1 aliphatic heterocycles. The first-order valence-electron chi connectivity index (χ1n) is 6.04. The van der Waals surface area contributed by atoms with Gasteiger partial charge in [-0.1, -0.05) is 18.2 Å². The molecule has 0 spiro atoms. The van der Waals surface area contributed by atoms with E-state index in [1.54, 1.807) is 12.0 Å². The van der Waals surface area contributed by atoms with E-state index in [2.05, 4.69) is 6.07 Å². The minimum absolute atomic E-state index is 0.0441. The van der Waals surface area contributed by atoms with Crippen molar-refractivity contribution < 1.29 is 9.53 Å². The van der Waals surface area contributed by atoms with Crippen molar-refractivity contribution in [2.24, 2.45) is 5.92 Å². The van der Waals surface area contributed by atoms with E-state index in [1.165, 1.54) is 0 Å². The Morgan fingerprint density at radius 2 is 2.28 bits per heavy atom. The summed E-state index contributed by atoms with van der Waals surface area (Å²) in [7, 11) is 1.62. The highest BCUT2D eigenvalue weighted by molar-refractivity contribution is 5.77. The van der Waals surface area contributed by atoms with Crippen molar-refractivity contribution in [2.45, 2.75) is 19.4 Å². The third kappa shape index (κ3) is 2.62. The van der Waals surface area contributed by atoms with Gasteiger partial charge in [-0.3, -0.25) is 4.79 Å². The van der Waals surface area contributed by atoms with Crippen LogP contribution < -0.4 is 4.74 Å². The van der Waals surface area contributed by atoms with Crippen LogP contribution in [0.1, 0.15) is 18.4 Å². The number of carbonyl (C=O) groups is 1. The fourth-order valence-electron chi connectivity index (χ4n) is 2.21. The molecule has 1 fully saturated rings. The first kappa shape index (κ1) is 12.4. The third-order valence-corrected chi connectivity index (χ3v) is 3.24. The van der Waals surface area contributed by atoms with Gasteiger partial charge in [-0.15, -0.1) is 0 Å². The molecular formula is C14H16N2O2. The van der Waals surface area contributed by atoms with Gasteiger partial charge in [0.1, 0.15) is 5.75 Å². The fourth-order valence-corrected chi connectivity index (χ4v) is 2.21. The van der Waals surface area contributed by atoms with Gasteiger partial charge in [0.15, 0.2) is 0 Å². The van der Waals surface area contributed by atoms with E-state index < -0.39 is 0 Å². The molecule has 1 atom stereocenters. The number of para-hydroxylation sites is 1. The number of nitrogens with zero attached hydrogens (tertiary/aromatic N) is 2. The van der Waals surface area contributed by atoms with Crippen molar-refractivity contribution in [3.8, 4) is 11.8 Å². The van der Waals surface area contributed by atoms with Gasteiger partial charge in [0.25, 0.3) is 0 Å². The number of hydrogen-bond acceptors (Lipinski definition) is 3. The van der Waals surface area contributed by atoms with Crippen LogP contribution in [0.4, 0.5) is 0 Å². The van der Waals surface area contributed by atoms with Gasteiger partial charge in [-0.05, 0) is 12.5 Å². The molecule has 18 heavy (non-hydrogen) atoms. The molecule has 4 nitrogen and oxygen atoms in total. The van der Waals surface area contributed by atoms with Gasteiger partial charge in [0.2, 0.25) is 5.91 Å². The lowest BCUT2D eigenvalue weighted by atomic mass is 9.98. The Bertz CT molecular complexity index is 479. The molecule has 2 rings (SSSR count). The molecule has 0 aliphatic carbocycles. The van der Waals surface area contributed by atoms with Crippen molar-refractivity contribution in [1.82, 2.24) is 4.90 Å². The molecule has 0 saturated carbocycles. The maximum Gasteiger partial charge on any atom is 0.222 e. The Hall–Kier alpha value is -2.02. The van der Waals surface area contributed by atoms with Crippen LogP contribution >= 0.6 is 0 Å². The summed E-state index contributed by atoms with van der Waals surface area (Å²) < 4.78 is 5.27.